The number of nitrogens with one attached hydrogen (secondary N) is 1. The van der Waals surface area contributed by atoms with Crippen molar-refractivity contribution in [2.45, 2.75) is 51.8 Å². The van der Waals surface area contributed by atoms with Gasteiger partial charge in [-0.15, -0.1) is 0 Å². The second-order valence-electron chi connectivity index (χ2n) is 5.71. The number of carbonyl (C=O) groups is 1. The molecular weight excluding hydrogens is 244 g/mol. The molecule has 0 spiro atoms. The summed E-state index contributed by atoms with van der Waals surface area (Å²) in [5.41, 5.74) is -1.88. The maximum Gasteiger partial charge on any atom is 0.250 e. The summed E-state index contributed by atoms with van der Waals surface area (Å²) in [6.45, 7) is 7.15. The fourth-order valence-corrected chi connectivity index (χ4v) is 1.43. The summed E-state index contributed by atoms with van der Waals surface area (Å²) in [4.78, 5) is 23.3. The molecule has 1 rings (SSSR count). The van der Waals surface area contributed by atoms with E-state index < -0.39 is 11.1 Å². The van der Waals surface area contributed by atoms with E-state index in [-0.39, 0.29) is 17.9 Å². The van der Waals surface area contributed by atoms with Gasteiger partial charge in [-0.1, -0.05) is 6.07 Å². The fourth-order valence-electron chi connectivity index (χ4n) is 1.43. The van der Waals surface area contributed by atoms with Gasteiger partial charge in [0.25, 0.3) is 5.56 Å². The molecule has 0 aliphatic rings. The van der Waals surface area contributed by atoms with E-state index in [2.05, 4.69) is 5.32 Å². The Hall–Kier alpha value is -1.62. The molecule has 0 fully saturated rings. The molecule has 0 aromatic carbocycles. The molecule has 0 saturated carbocycles. The number of aryl methyl sites for hydroxylation is 1. The normalized spacial score (nSPS) is 12.3. The summed E-state index contributed by atoms with van der Waals surface area (Å²) >= 11 is 0. The van der Waals surface area contributed by atoms with E-state index in [1.807, 2.05) is 0 Å². The zero-order valence-electron chi connectivity index (χ0n) is 11.9. The van der Waals surface area contributed by atoms with Crippen LogP contribution in [0.25, 0.3) is 0 Å². The highest BCUT2D eigenvalue weighted by atomic mass is 16.3. The minimum atomic E-state index is -1.02. The number of carbonyl (C=O) groups excluding carboxylic acids is 1. The van der Waals surface area contributed by atoms with Crippen molar-refractivity contribution in [3.63, 3.8) is 0 Å². The van der Waals surface area contributed by atoms with Crippen LogP contribution in [0.5, 0.6) is 0 Å². The van der Waals surface area contributed by atoms with Gasteiger partial charge < -0.3 is 15.0 Å². The van der Waals surface area contributed by atoms with Gasteiger partial charge in [-0.3, -0.25) is 9.59 Å². The Morgan fingerprint density at radius 3 is 2.47 bits per heavy atom. The number of hydrogen-bond acceptors (Lipinski definition) is 3. The molecule has 1 amide bonds. The summed E-state index contributed by atoms with van der Waals surface area (Å²) in [7, 11) is 0. The zero-order chi connectivity index (χ0) is 14.7. The van der Waals surface area contributed by atoms with Gasteiger partial charge in [0.1, 0.15) is 0 Å². The van der Waals surface area contributed by atoms with Crippen molar-refractivity contribution in [1.82, 2.24) is 9.88 Å². The third kappa shape index (κ3) is 4.21. The molecule has 5 heteroatoms. The van der Waals surface area contributed by atoms with Crippen LogP contribution in [0.4, 0.5) is 0 Å². The van der Waals surface area contributed by atoms with E-state index in [1.165, 1.54) is 10.6 Å². The summed E-state index contributed by atoms with van der Waals surface area (Å²) in [6.07, 6.45) is 1.85. The Morgan fingerprint density at radius 2 is 1.95 bits per heavy atom. The maximum absolute atomic E-state index is 11.9. The molecule has 19 heavy (non-hydrogen) atoms. The van der Waals surface area contributed by atoms with Crippen molar-refractivity contribution in [2.24, 2.45) is 0 Å². The topological polar surface area (TPSA) is 71.3 Å². The first kappa shape index (κ1) is 15.4. The summed E-state index contributed by atoms with van der Waals surface area (Å²) < 4.78 is 1.48. The van der Waals surface area contributed by atoms with Gasteiger partial charge in [0.05, 0.1) is 11.1 Å². The van der Waals surface area contributed by atoms with E-state index in [4.69, 9.17) is 0 Å². The second kappa shape index (κ2) is 5.57. The molecule has 0 aliphatic heterocycles. The van der Waals surface area contributed by atoms with Gasteiger partial charge in [0.2, 0.25) is 5.91 Å². The second-order valence-corrected chi connectivity index (χ2v) is 5.71. The Labute approximate surface area is 113 Å². The van der Waals surface area contributed by atoms with Gasteiger partial charge in [0.15, 0.2) is 0 Å². The van der Waals surface area contributed by atoms with Crippen LogP contribution in [0.2, 0.25) is 0 Å². The van der Waals surface area contributed by atoms with Crippen LogP contribution in [0, 0.1) is 0 Å². The smallest absolute Gasteiger partial charge is 0.250 e. The first-order chi connectivity index (χ1) is 8.63. The van der Waals surface area contributed by atoms with Gasteiger partial charge in [-0.2, -0.15) is 0 Å². The first-order valence-corrected chi connectivity index (χ1v) is 6.32. The van der Waals surface area contributed by atoms with E-state index >= 15 is 0 Å². The lowest BCUT2D eigenvalue weighted by atomic mass is 9.86. The Kier molecular flexibility index (Phi) is 4.52. The van der Waals surface area contributed by atoms with E-state index in [0.717, 1.165) is 0 Å². The maximum atomic E-state index is 11.9. The average molecular weight is 266 g/mol. The largest absolute Gasteiger partial charge is 0.388 e. The fraction of sp³-hybridized carbons (Fsp3) is 0.571. The molecule has 0 bridgehead atoms. The summed E-state index contributed by atoms with van der Waals surface area (Å²) in [5, 5.41) is 12.7. The number of nitrogens with zero attached hydrogens (tertiary/aromatic N) is 1. The van der Waals surface area contributed by atoms with Crippen LogP contribution < -0.4 is 10.9 Å². The predicted octanol–water partition coefficient (Wildman–Crippen LogP) is 0.904. The Balaban J connectivity index is 2.59. The van der Waals surface area contributed by atoms with Gasteiger partial charge >= 0.3 is 0 Å². The van der Waals surface area contributed by atoms with Crippen LogP contribution in [0.1, 0.15) is 34.1 Å². The lowest BCUT2D eigenvalue weighted by molar-refractivity contribution is -0.126. The molecule has 106 valence electrons. The molecule has 1 heterocycles. The molecule has 0 atom stereocenters. The zero-order valence-corrected chi connectivity index (χ0v) is 11.9. The molecule has 5 nitrogen and oxygen atoms in total. The molecule has 1 aromatic heterocycles. The highest BCUT2D eigenvalue weighted by Gasteiger charge is 2.36. The SMILES string of the molecule is CC(C)(O)C(C)(C)NC(=O)CCn1ccccc1=O. The monoisotopic (exact) mass is 266 g/mol. The van der Waals surface area contributed by atoms with Crippen LogP contribution in [-0.4, -0.2) is 26.7 Å². The number of aliphatic hydroxyl groups is 1. The van der Waals surface area contributed by atoms with E-state index in [1.54, 1.807) is 46.0 Å². The van der Waals surface area contributed by atoms with E-state index in [9.17, 15) is 14.7 Å². The minimum Gasteiger partial charge on any atom is -0.388 e. The van der Waals surface area contributed by atoms with Crippen LogP contribution in [-0.2, 0) is 11.3 Å². The molecule has 0 saturated heterocycles. The van der Waals surface area contributed by atoms with Crippen molar-refractivity contribution in [1.29, 1.82) is 0 Å². The van der Waals surface area contributed by atoms with Crippen molar-refractivity contribution in [3.8, 4) is 0 Å². The van der Waals surface area contributed by atoms with Gasteiger partial charge in [-0.25, -0.2) is 0 Å². The highest BCUT2D eigenvalue weighted by molar-refractivity contribution is 5.76. The number of aromatic nitrogens is 1. The molecule has 0 aliphatic carbocycles. The third-order valence-electron chi connectivity index (χ3n) is 3.46. The summed E-state index contributed by atoms with van der Waals surface area (Å²) in [5.74, 6) is -0.192. The molecule has 2 N–H and O–H groups in total. The van der Waals surface area contributed by atoms with Crippen LogP contribution in [0.15, 0.2) is 29.2 Å². The van der Waals surface area contributed by atoms with Crippen molar-refractivity contribution >= 4 is 5.91 Å². The number of rotatable bonds is 5. The lowest BCUT2D eigenvalue weighted by Crippen LogP contribution is -2.57. The number of hydrogen-bond donors (Lipinski definition) is 2. The predicted molar refractivity (Wildman–Crippen MR) is 73.8 cm³/mol. The molecule has 0 unspecified atom stereocenters. The van der Waals surface area contributed by atoms with Crippen molar-refractivity contribution < 1.29 is 9.90 Å². The molecule has 0 radical (unpaired) electrons. The lowest BCUT2D eigenvalue weighted by Gasteiger charge is -2.38. The molecular formula is C14H22N2O3. The van der Waals surface area contributed by atoms with E-state index in [0.29, 0.717) is 6.54 Å². The minimum absolute atomic E-state index is 0.128. The average Bonchev–Trinajstić information content (AvgIpc) is 2.26. The van der Waals surface area contributed by atoms with Gasteiger partial charge in [-0.05, 0) is 33.8 Å². The van der Waals surface area contributed by atoms with Gasteiger partial charge in [0, 0.05) is 25.2 Å². The number of amides is 1. The van der Waals surface area contributed by atoms with Crippen LogP contribution in [0.3, 0.4) is 0 Å². The first-order valence-electron chi connectivity index (χ1n) is 6.32. The van der Waals surface area contributed by atoms with Crippen molar-refractivity contribution in [2.75, 3.05) is 0 Å². The third-order valence-corrected chi connectivity index (χ3v) is 3.46. The quantitative estimate of drug-likeness (QED) is 0.832. The van der Waals surface area contributed by atoms with Crippen LogP contribution >= 0.6 is 0 Å². The highest BCUT2D eigenvalue weighted by Crippen LogP contribution is 2.20. The van der Waals surface area contributed by atoms with Crippen molar-refractivity contribution in [3.05, 3.63) is 34.7 Å². The Morgan fingerprint density at radius 1 is 1.32 bits per heavy atom. The number of pyridine rings is 1. The standard InChI is InChI=1S/C14H22N2O3/c1-13(2,14(3,4)19)15-11(17)8-10-16-9-6-5-7-12(16)18/h5-7,9,19H,8,10H2,1-4H3,(H,15,17). The summed E-state index contributed by atoms with van der Waals surface area (Å²) in [6, 6.07) is 4.87. The Bertz CT molecular complexity index is 498. The molecule has 1 aromatic rings.